The van der Waals surface area contributed by atoms with Gasteiger partial charge in [0.05, 0.1) is 4.75 Å². The highest BCUT2D eigenvalue weighted by molar-refractivity contribution is 8.15. The number of hydrogen-bond acceptors (Lipinski definition) is 3. The second kappa shape index (κ2) is 7.98. The Labute approximate surface area is 122 Å². The Bertz CT molecular complexity index is 336. The smallest absolute Gasteiger partial charge is 0.219 e. The zero-order valence-corrected chi connectivity index (χ0v) is 13.4. The quantitative estimate of drug-likeness (QED) is 0.577. The Balaban J connectivity index is 2.15. The van der Waals surface area contributed by atoms with E-state index in [9.17, 15) is 9.90 Å². The molecule has 0 saturated heterocycles. The topological polar surface area (TPSA) is 37.3 Å². The molecule has 0 fully saturated rings. The van der Waals surface area contributed by atoms with Crippen LogP contribution in [0, 0.1) is 0 Å². The lowest BCUT2D eigenvalue weighted by Crippen LogP contribution is -2.20. The average molecular weight is 284 g/mol. The van der Waals surface area contributed by atoms with Gasteiger partial charge in [-0.25, -0.2) is 0 Å². The molecular weight excluding hydrogens is 256 g/mol. The van der Waals surface area contributed by atoms with Gasteiger partial charge in [-0.05, 0) is 20.3 Å². The predicted molar refractivity (Wildman–Crippen MR) is 83.6 cm³/mol. The van der Waals surface area contributed by atoms with E-state index in [1.165, 1.54) is 56.7 Å². The van der Waals surface area contributed by atoms with Gasteiger partial charge in [0.2, 0.25) is 5.12 Å². The lowest BCUT2D eigenvalue weighted by Gasteiger charge is -2.22. The summed E-state index contributed by atoms with van der Waals surface area (Å²) in [4.78, 5) is 11.6. The van der Waals surface area contributed by atoms with Gasteiger partial charge < -0.3 is 5.11 Å². The molecule has 0 unspecified atom stereocenters. The molecule has 0 spiro atoms. The minimum Gasteiger partial charge on any atom is -0.510 e. The van der Waals surface area contributed by atoms with Crippen LogP contribution in [0.1, 0.15) is 78.6 Å². The van der Waals surface area contributed by atoms with E-state index >= 15 is 0 Å². The summed E-state index contributed by atoms with van der Waals surface area (Å²) in [6.07, 6.45) is 11.2. The van der Waals surface area contributed by atoms with E-state index in [0.29, 0.717) is 11.3 Å². The van der Waals surface area contributed by atoms with E-state index in [-0.39, 0.29) is 9.86 Å². The number of unbranched alkanes of at least 4 members (excludes halogenated alkanes) is 7. The van der Waals surface area contributed by atoms with Crippen molar-refractivity contribution in [1.82, 2.24) is 0 Å². The maximum Gasteiger partial charge on any atom is 0.219 e. The van der Waals surface area contributed by atoms with Gasteiger partial charge in [0.15, 0.2) is 0 Å². The lowest BCUT2D eigenvalue weighted by atomic mass is 9.97. The van der Waals surface area contributed by atoms with Crippen LogP contribution in [0.3, 0.4) is 0 Å². The van der Waals surface area contributed by atoms with Crippen LogP contribution in [0.4, 0.5) is 0 Å². The molecule has 1 aliphatic rings. The molecule has 0 aromatic carbocycles. The fourth-order valence-corrected chi connectivity index (χ4v) is 3.74. The first-order valence-corrected chi connectivity index (χ1v) is 8.46. The molecule has 110 valence electrons. The van der Waals surface area contributed by atoms with E-state index in [4.69, 9.17) is 0 Å². The van der Waals surface area contributed by atoms with Crippen LogP contribution in [0.5, 0.6) is 0 Å². The van der Waals surface area contributed by atoms with Gasteiger partial charge in [0, 0.05) is 5.57 Å². The van der Waals surface area contributed by atoms with Crippen LogP contribution in [0.15, 0.2) is 11.3 Å². The van der Waals surface area contributed by atoms with E-state index in [0.717, 1.165) is 12.8 Å². The Morgan fingerprint density at radius 1 is 1.05 bits per heavy atom. The Morgan fingerprint density at radius 2 is 1.58 bits per heavy atom. The molecule has 1 rings (SSSR count). The molecule has 1 aliphatic heterocycles. The molecule has 0 amide bonds. The summed E-state index contributed by atoms with van der Waals surface area (Å²) in [7, 11) is 0. The van der Waals surface area contributed by atoms with E-state index in [1.807, 2.05) is 6.92 Å². The maximum atomic E-state index is 11.6. The molecule has 1 atom stereocenters. The standard InChI is InChI=1S/C16H28O2S/c1-4-5-6-7-8-9-10-11-12-16(3)14(17)13(2)15(18)19-16/h17H,4-12H2,1-3H3/t16-/m0/s1. The minimum atomic E-state index is -0.358. The van der Waals surface area contributed by atoms with Crippen molar-refractivity contribution in [2.75, 3.05) is 0 Å². The third-order valence-electron chi connectivity index (χ3n) is 3.99. The molecule has 0 aromatic rings. The molecule has 0 aromatic heterocycles. The molecule has 3 heteroatoms. The summed E-state index contributed by atoms with van der Waals surface area (Å²) in [5, 5.41) is 10.1. The van der Waals surface area contributed by atoms with Crippen molar-refractivity contribution < 1.29 is 9.90 Å². The molecule has 0 aliphatic carbocycles. The molecule has 2 nitrogen and oxygen atoms in total. The van der Waals surface area contributed by atoms with Crippen molar-refractivity contribution in [1.29, 1.82) is 0 Å². The van der Waals surface area contributed by atoms with E-state index < -0.39 is 0 Å². The van der Waals surface area contributed by atoms with E-state index in [1.54, 1.807) is 6.92 Å². The Hall–Kier alpha value is -0.440. The molecule has 1 N–H and O–H groups in total. The molecule has 0 saturated carbocycles. The van der Waals surface area contributed by atoms with Gasteiger partial charge in [-0.1, -0.05) is 70.1 Å². The van der Waals surface area contributed by atoms with Crippen LogP contribution in [-0.4, -0.2) is 15.0 Å². The fourth-order valence-electron chi connectivity index (χ4n) is 2.59. The summed E-state index contributed by atoms with van der Waals surface area (Å²) >= 11 is 1.30. The lowest BCUT2D eigenvalue weighted by molar-refractivity contribution is -0.107. The summed E-state index contributed by atoms with van der Waals surface area (Å²) in [5.41, 5.74) is 0.548. The number of carbonyl (C=O) groups is 1. The van der Waals surface area contributed by atoms with Crippen molar-refractivity contribution in [3.05, 3.63) is 11.3 Å². The number of thioether (sulfide) groups is 1. The summed E-state index contributed by atoms with van der Waals surface area (Å²) < 4.78 is -0.358. The van der Waals surface area contributed by atoms with Gasteiger partial charge in [0.25, 0.3) is 0 Å². The predicted octanol–water partition coefficient (Wildman–Crippen LogP) is 5.38. The van der Waals surface area contributed by atoms with Gasteiger partial charge in [-0.15, -0.1) is 0 Å². The third kappa shape index (κ3) is 4.87. The number of rotatable bonds is 9. The van der Waals surface area contributed by atoms with Crippen LogP contribution >= 0.6 is 11.8 Å². The highest BCUT2D eigenvalue weighted by atomic mass is 32.2. The molecule has 0 bridgehead atoms. The summed E-state index contributed by atoms with van der Waals surface area (Å²) in [6, 6.07) is 0. The molecule has 19 heavy (non-hydrogen) atoms. The highest BCUT2D eigenvalue weighted by Gasteiger charge is 2.41. The first-order valence-electron chi connectivity index (χ1n) is 7.65. The third-order valence-corrected chi connectivity index (χ3v) is 5.33. The SMILES string of the molecule is CCCCCCCCCC[C@]1(C)SC(=O)C(C)=C1O. The number of carbonyl (C=O) groups excluding carboxylic acids is 1. The molecule has 1 heterocycles. The van der Waals surface area contributed by atoms with Crippen LogP contribution in [0.2, 0.25) is 0 Å². The molecular formula is C16H28O2S. The van der Waals surface area contributed by atoms with Crippen molar-refractivity contribution in [2.45, 2.75) is 83.3 Å². The first kappa shape index (κ1) is 16.6. The van der Waals surface area contributed by atoms with Gasteiger partial charge in [-0.2, -0.15) is 0 Å². The van der Waals surface area contributed by atoms with Crippen LogP contribution in [-0.2, 0) is 4.79 Å². The largest absolute Gasteiger partial charge is 0.510 e. The fraction of sp³-hybridized carbons (Fsp3) is 0.812. The van der Waals surface area contributed by atoms with Crippen LogP contribution in [0.25, 0.3) is 0 Å². The zero-order valence-electron chi connectivity index (χ0n) is 12.6. The summed E-state index contributed by atoms with van der Waals surface area (Å²) in [6.45, 7) is 5.95. The van der Waals surface area contributed by atoms with Gasteiger partial charge in [-0.3, -0.25) is 4.79 Å². The Morgan fingerprint density at radius 3 is 2.05 bits per heavy atom. The zero-order chi connectivity index (χ0) is 14.3. The van der Waals surface area contributed by atoms with E-state index in [2.05, 4.69) is 6.92 Å². The minimum absolute atomic E-state index is 0.0413. The van der Waals surface area contributed by atoms with Crippen molar-refractivity contribution in [2.24, 2.45) is 0 Å². The van der Waals surface area contributed by atoms with Crippen LogP contribution < -0.4 is 0 Å². The maximum absolute atomic E-state index is 11.6. The highest BCUT2D eigenvalue weighted by Crippen LogP contribution is 2.45. The number of aliphatic hydroxyl groups excluding tert-OH is 1. The second-order valence-corrected chi connectivity index (χ2v) is 7.29. The average Bonchev–Trinajstić information content (AvgIpc) is 2.57. The molecule has 0 radical (unpaired) electrons. The van der Waals surface area contributed by atoms with Gasteiger partial charge >= 0.3 is 0 Å². The van der Waals surface area contributed by atoms with Crippen molar-refractivity contribution in [3.8, 4) is 0 Å². The second-order valence-electron chi connectivity index (χ2n) is 5.82. The van der Waals surface area contributed by atoms with Gasteiger partial charge in [0.1, 0.15) is 5.76 Å². The van der Waals surface area contributed by atoms with Crippen molar-refractivity contribution in [3.63, 3.8) is 0 Å². The van der Waals surface area contributed by atoms with Crippen molar-refractivity contribution >= 4 is 16.9 Å². The first-order chi connectivity index (χ1) is 9.01. The summed E-state index contributed by atoms with van der Waals surface area (Å²) in [5.74, 6) is 0.311. The normalized spacial score (nSPS) is 23.4. The number of aliphatic hydroxyl groups is 1. The number of hydrogen-bond donors (Lipinski definition) is 1. The Kier molecular flexibility index (Phi) is 6.98. The monoisotopic (exact) mass is 284 g/mol.